The Morgan fingerprint density at radius 1 is 1.47 bits per heavy atom. The van der Waals surface area contributed by atoms with Gasteiger partial charge < -0.3 is 15.8 Å². The Bertz CT molecular complexity index is 276. The van der Waals surface area contributed by atoms with Gasteiger partial charge in [-0.2, -0.15) is 0 Å². The van der Waals surface area contributed by atoms with Crippen LogP contribution in [0.3, 0.4) is 0 Å². The molecule has 0 amide bonds. The summed E-state index contributed by atoms with van der Waals surface area (Å²) in [4.78, 5) is 4.47. The molecular weight excluding hydrogens is 353 g/mol. The second-order valence-corrected chi connectivity index (χ2v) is 5.03. The number of nitrogens with one attached hydrogen (secondary N) is 1. The van der Waals surface area contributed by atoms with E-state index in [0.29, 0.717) is 17.9 Å². The van der Waals surface area contributed by atoms with Crippen molar-refractivity contribution >= 4 is 29.9 Å². The summed E-state index contributed by atoms with van der Waals surface area (Å²) in [6.07, 6.45) is 7.99. The van der Waals surface area contributed by atoms with Crippen LogP contribution in [0.5, 0.6) is 0 Å². The molecule has 1 aliphatic carbocycles. The standard InChI is InChI=1S/C14H27N3O.HI/c1-3-10-16-13(15)17-12-14(7-5-6-8-14)9-11-18-4-2;/h3H,1,4-12H2,2H3,(H3,15,16,17);1H. The average molecular weight is 381 g/mol. The first-order valence-electron chi connectivity index (χ1n) is 6.95. The van der Waals surface area contributed by atoms with Crippen molar-refractivity contribution in [1.82, 2.24) is 5.32 Å². The molecule has 0 unspecified atom stereocenters. The van der Waals surface area contributed by atoms with Gasteiger partial charge in [0.15, 0.2) is 5.96 Å². The van der Waals surface area contributed by atoms with Gasteiger partial charge in [0.2, 0.25) is 0 Å². The highest BCUT2D eigenvalue weighted by Crippen LogP contribution is 2.41. The molecule has 0 radical (unpaired) electrons. The maximum atomic E-state index is 5.81. The maximum absolute atomic E-state index is 5.81. The van der Waals surface area contributed by atoms with Crippen molar-refractivity contribution in [2.24, 2.45) is 16.1 Å². The summed E-state index contributed by atoms with van der Waals surface area (Å²) in [5, 5.41) is 3.02. The molecule has 0 aliphatic heterocycles. The zero-order valence-electron chi connectivity index (χ0n) is 12.0. The number of hydrogen-bond donors (Lipinski definition) is 2. The third-order valence-corrected chi connectivity index (χ3v) is 3.66. The van der Waals surface area contributed by atoms with Crippen molar-refractivity contribution in [3.05, 3.63) is 12.7 Å². The van der Waals surface area contributed by atoms with Crippen LogP contribution in [-0.4, -0.2) is 32.3 Å². The molecule has 1 rings (SSSR count). The van der Waals surface area contributed by atoms with E-state index in [-0.39, 0.29) is 24.0 Å². The van der Waals surface area contributed by atoms with Gasteiger partial charge in [-0.15, -0.1) is 30.6 Å². The normalized spacial score (nSPS) is 17.8. The number of aliphatic imine (C=N–C) groups is 1. The first-order chi connectivity index (χ1) is 8.72. The van der Waals surface area contributed by atoms with Crippen LogP contribution in [0.2, 0.25) is 0 Å². The summed E-state index contributed by atoms with van der Waals surface area (Å²) in [5.74, 6) is 0.526. The summed E-state index contributed by atoms with van der Waals surface area (Å²) in [6, 6.07) is 0. The van der Waals surface area contributed by atoms with Gasteiger partial charge in [-0.25, -0.2) is 0 Å². The van der Waals surface area contributed by atoms with Gasteiger partial charge in [-0.05, 0) is 31.6 Å². The zero-order valence-corrected chi connectivity index (χ0v) is 14.3. The van der Waals surface area contributed by atoms with E-state index >= 15 is 0 Å². The van der Waals surface area contributed by atoms with Crippen molar-refractivity contribution in [3.63, 3.8) is 0 Å². The molecule has 1 aliphatic rings. The monoisotopic (exact) mass is 381 g/mol. The molecule has 0 aromatic heterocycles. The summed E-state index contributed by atoms with van der Waals surface area (Å²) < 4.78 is 5.48. The van der Waals surface area contributed by atoms with E-state index in [1.54, 1.807) is 6.08 Å². The highest BCUT2D eigenvalue weighted by molar-refractivity contribution is 14.0. The molecule has 19 heavy (non-hydrogen) atoms. The number of hydrogen-bond acceptors (Lipinski definition) is 2. The number of nitrogens with two attached hydrogens (primary N) is 1. The molecular formula is C14H28IN3O. The second-order valence-electron chi connectivity index (χ2n) is 5.03. The number of rotatable bonds is 8. The van der Waals surface area contributed by atoms with Crippen molar-refractivity contribution in [3.8, 4) is 0 Å². The quantitative estimate of drug-likeness (QED) is 0.224. The van der Waals surface area contributed by atoms with Crippen LogP contribution < -0.4 is 11.1 Å². The Kier molecular flexibility index (Phi) is 10.3. The average Bonchev–Trinajstić information content (AvgIpc) is 2.84. The van der Waals surface area contributed by atoms with Crippen LogP contribution in [0.1, 0.15) is 39.0 Å². The van der Waals surface area contributed by atoms with E-state index in [0.717, 1.165) is 26.2 Å². The molecule has 1 fully saturated rings. The van der Waals surface area contributed by atoms with Gasteiger partial charge in [0.1, 0.15) is 0 Å². The van der Waals surface area contributed by atoms with Gasteiger partial charge >= 0.3 is 0 Å². The molecule has 0 aromatic carbocycles. The minimum atomic E-state index is 0. The molecule has 0 bridgehead atoms. The fourth-order valence-electron chi connectivity index (χ4n) is 2.53. The van der Waals surface area contributed by atoms with E-state index < -0.39 is 0 Å². The van der Waals surface area contributed by atoms with Crippen LogP contribution >= 0.6 is 24.0 Å². The highest BCUT2D eigenvalue weighted by Gasteiger charge is 2.33. The Labute approximate surface area is 134 Å². The Hall–Kier alpha value is -0.300. The van der Waals surface area contributed by atoms with Gasteiger partial charge in [-0.1, -0.05) is 18.9 Å². The summed E-state index contributed by atoms with van der Waals surface area (Å²) in [5.41, 5.74) is 6.13. The van der Waals surface area contributed by atoms with E-state index in [1.165, 1.54) is 25.7 Å². The van der Waals surface area contributed by atoms with Crippen LogP contribution in [0.4, 0.5) is 0 Å². The molecule has 0 atom stereocenters. The molecule has 4 nitrogen and oxygen atoms in total. The van der Waals surface area contributed by atoms with Crippen LogP contribution in [0.15, 0.2) is 17.6 Å². The van der Waals surface area contributed by atoms with Crippen molar-refractivity contribution in [1.29, 1.82) is 0 Å². The van der Waals surface area contributed by atoms with Crippen molar-refractivity contribution < 1.29 is 4.74 Å². The smallest absolute Gasteiger partial charge is 0.188 e. The van der Waals surface area contributed by atoms with Crippen molar-refractivity contribution in [2.75, 3.05) is 26.3 Å². The second kappa shape index (κ2) is 10.5. The summed E-state index contributed by atoms with van der Waals surface area (Å²) in [7, 11) is 0. The first kappa shape index (κ1) is 18.7. The SMILES string of the molecule is C=CCNC(N)=NCC1(CCOCC)CCCC1.I. The highest BCUT2D eigenvalue weighted by atomic mass is 127. The minimum absolute atomic E-state index is 0. The van der Waals surface area contributed by atoms with E-state index in [2.05, 4.69) is 16.9 Å². The van der Waals surface area contributed by atoms with E-state index in [9.17, 15) is 0 Å². The Morgan fingerprint density at radius 3 is 2.74 bits per heavy atom. The van der Waals surface area contributed by atoms with Crippen LogP contribution in [0.25, 0.3) is 0 Å². The summed E-state index contributed by atoms with van der Waals surface area (Å²) in [6.45, 7) is 8.80. The molecule has 0 heterocycles. The fraction of sp³-hybridized carbons (Fsp3) is 0.786. The maximum Gasteiger partial charge on any atom is 0.188 e. The Morgan fingerprint density at radius 2 is 2.16 bits per heavy atom. The lowest BCUT2D eigenvalue weighted by molar-refractivity contribution is 0.107. The van der Waals surface area contributed by atoms with Gasteiger partial charge in [-0.3, -0.25) is 4.99 Å². The molecule has 1 saturated carbocycles. The first-order valence-corrected chi connectivity index (χ1v) is 6.95. The molecule has 112 valence electrons. The number of nitrogens with zero attached hydrogens (tertiary/aromatic N) is 1. The Balaban J connectivity index is 0.00000324. The fourth-order valence-corrected chi connectivity index (χ4v) is 2.53. The number of guanidine groups is 1. The predicted octanol–water partition coefficient (Wildman–Crippen LogP) is 2.68. The van der Waals surface area contributed by atoms with Gasteiger partial charge in [0, 0.05) is 26.3 Å². The number of ether oxygens (including phenoxy) is 1. The third kappa shape index (κ3) is 7.15. The van der Waals surface area contributed by atoms with Crippen LogP contribution in [0, 0.1) is 5.41 Å². The molecule has 0 aromatic rings. The summed E-state index contributed by atoms with van der Waals surface area (Å²) >= 11 is 0. The lowest BCUT2D eigenvalue weighted by Gasteiger charge is -2.27. The van der Waals surface area contributed by atoms with Gasteiger partial charge in [0.25, 0.3) is 0 Å². The molecule has 0 saturated heterocycles. The van der Waals surface area contributed by atoms with Crippen LogP contribution in [-0.2, 0) is 4.74 Å². The lowest BCUT2D eigenvalue weighted by Crippen LogP contribution is -2.33. The third-order valence-electron chi connectivity index (χ3n) is 3.66. The zero-order chi connectivity index (χ0) is 13.3. The topological polar surface area (TPSA) is 59.6 Å². The lowest BCUT2D eigenvalue weighted by atomic mass is 9.83. The predicted molar refractivity (Wildman–Crippen MR) is 92.1 cm³/mol. The molecule has 0 spiro atoms. The molecule has 5 heteroatoms. The number of halogens is 1. The van der Waals surface area contributed by atoms with Gasteiger partial charge in [0.05, 0.1) is 0 Å². The van der Waals surface area contributed by atoms with Crippen molar-refractivity contribution in [2.45, 2.75) is 39.0 Å². The molecule has 3 N–H and O–H groups in total. The largest absolute Gasteiger partial charge is 0.382 e. The van der Waals surface area contributed by atoms with E-state index in [4.69, 9.17) is 10.5 Å². The minimum Gasteiger partial charge on any atom is -0.382 e. The van der Waals surface area contributed by atoms with E-state index in [1.807, 2.05) is 6.92 Å².